The molecule has 0 aliphatic rings. The van der Waals surface area contributed by atoms with Crippen LogP contribution in [0.2, 0.25) is 0 Å². The Bertz CT molecular complexity index is 847. The van der Waals surface area contributed by atoms with Crippen molar-refractivity contribution in [2.75, 3.05) is 17.3 Å². The molecule has 5 nitrogen and oxygen atoms in total. The molecule has 25 heavy (non-hydrogen) atoms. The minimum Gasteiger partial charge on any atom is -0.365 e. The first-order valence-corrected chi connectivity index (χ1v) is 8.08. The molecule has 3 aromatic rings. The van der Waals surface area contributed by atoms with E-state index in [1.807, 2.05) is 36.4 Å². The van der Waals surface area contributed by atoms with Crippen LogP contribution in [0.4, 0.5) is 11.5 Å². The van der Waals surface area contributed by atoms with E-state index in [4.69, 9.17) is 0 Å². The Hall–Kier alpha value is -3.21. The quantitative estimate of drug-likeness (QED) is 0.774. The Morgan fingerprint density at radius 3 is 2.52 bits per heavy atom. The largest absolute Gasteiger partial charge is 0.365 e. The molecule has 5 heteroatoms. The van der Waals surface area contributed by atoms with Crippen LogP contribution in [0.15, 0.2) is 67.0 Å². The van der Waals surface area contributed by atoms with Gasteiger partial charge in [0.2, 0.25) is 0 Å². The normalized spacial score (nSPS) is 10.3. The molecule has 1 N–H and O–H groups in total. The lowest BCUT2D eigenvalue weighted by molar-refractivity contribution is 0.0988. The number of rotatable bonds is 5. The molecule has 0 bridgehead atoms. The van der Waals surface area contributed by atoms with Gasteiger partial charge in [-0.05, 0) is 24.6 Å². The van der Waals surface area contributed by atoms with Crippen molar-refractivity contribution >= 4 is 17.4 Å². The van der Waals surface area contributed by atoms with Crippen LogP contribution in [0, 0.1) is 6.92 Å². The van der Waals surface area contributed by atoms with E-state index in [-0.39, 0.29) is 5.91 Å². The molecule has 1 aromatic heterocycles. The molecule has 0 unspecified atom stereocenters. The fourth-order valence-electron chi connectivity index (χ4n) is 2.49. The van der Waals surface area contributed by atoms with Crippen LogP contribution < -0.4 is 10.2 Å². The Morgan fingerprint density at radius 1 is 1.04 bits per heavy atom. The molecule has 1 heterocycles. The highest BCUT2D eigenvalue weighted by Crippen LogP contribution is 2.14. The van der Waals surface area contributed by atoms with Gasteiger partial charge in [-0.25, -0.2) is 9.97 Å². The van der Waals surface area contributed by atoms with Gasteiger partial charge < -0.3 is 10.2 Å². The highest BCUT2D eigenvalue weighted by atomic mass is 16.2. The van der Waals surface area contributed by atoms with E-state index >= 15 is 0 Å². The van der Waals surface area contributed by atoms with Crippen LogP contribution in [0.1, 0.15) is 21.6 Å². The molecule has 1 amide bonds. The summed E-state index contributed by atoms with van der Waals surface area (Å²) in [4.78, 5) is 22.6. The van der Waals surface area contributed by atoms with E-state index < -0.39 is 0 Å². The van der Waals surface area contributed by atoms with Crippen molar-refractivity contribution in [1.82, 2.24) is 9.97 Å². The maximum absolute atomic E-state index is 12.5. The molecule has 126 valence electrons. The molecule has 0 saturated heterocycles. The average Bonchev–Trinajstić information content (AvgIpc) is 2.66. The molecule has 0 radical (unpaired) electrons. The van der Waals surface area contributed by atoms with E-state index in [2.05, 4.69) is 40.4 Å². The van der Waals surface area contributed by atoms with Crippen molar-refractivity contribution in [1.29, 1.82) is 0 Å². The van der Waals surface area contributed by atoms with E-state index in [1.165, 1.54) is 17.3 Å². The molecule has 3 rings (SSSR count). The summed E-state index contributed by atoms with van der Waals surface area (Å²) in [6, 6.07) is 17.7. The zero-order valence-electron chi connectivity index (χ0n) is 14.3. The monoisotopic (exact) mass is 332 g/mol. The number of benzene rings is 2. The topological polar surface area (TPSA) is 58.1 Å². The van der Waals surface area contributed by atoms with E-state index in [1.54, 1.807) is 18.1 Å². The SMILES string of the molecule is Cc1cccc(CNc2cnc(C(=O)N(C)c3ccccc3)cn2)c1. The summed E-state index contributed by atoms with van der Waals surface area (Å²) in [5.41, 5.74) is 3.52. The summed E-state index contributed by atoms with van der Waals surface area (Å²) >= 11 is 0. The Balaban J connectivity index is 1.64. The van der Waals surface area contributed by atoms with Crippen LogP contribution in [0.5, 0.6) is 0 Å². The molecule has 0 spiro atoms. The summed E-state index contributed by atoms with van der Waals surface area (Å²) in [7, 11) is 1.73. The zero-order valence-corrected chi connectivity index (χ0v) is 14.3. The molecule has 0 saturated carbocycles. The minimum absolute atomic E-state index is 0.191. The summed E-state index contributed by atoms with van der Waals surface area (Å²) < 4.78 is 0. The van der Waals surface area contributed by atoms with Crippen LogP contribution in [0.3, 0.4) is 0 Å². The number of aromatic nitrogens is 2. The number of nitrogens with one attached hydrogen (secondary N) is 1. The predicted molar refractivity (Wildman–Crippen MR) is 99.7 cm³/mol. The van der Waals surface area contributed by atoms with Gasteiger partial charge in [-0.3, -0.25) is 4.79 Å². The first kappa shape index (κ1) is 16.6. The van der Waals surface area contributed by atoms with Crippen LogP contribution in [0.25, 0.3) is 0 Å². The van der Waals surface area contributed by atoms with Gasteiger partial charge in [-0.15, -0.1) is 0 Å². The maximum atomic E-state index is 12.5. The average molecular weight is 332 g/mol. The summed E-state index contributed by atoms with van der Waals surface area (Å²) in [5.74, 6) is 0.448. The second kappa shape index (κ2) is 7.57. The Kier molecular flexibility index (Phi) is 5.04. The number of amides is 1. The van der Waals surface area contributed by atoms with Crippen molar-refractivity contribution in [3.8, 4) is 0 Å². The number of hydrogen-bond acceptors (Lipinski definition) is 4. The number of nitrogens with zero attached hydrogens (tertiary/aromatic N) is 3. The first-order chi connectivity index (χ1) is 12.1. The smallest absolute Gasteiger partial charge is 0.278 e. The summed E-state index contributed by atoms with van der Waals surface area (Å²) in [6.07, 6.45) is 3.09. The van der Waals surface area contributed by atoms with Gasteiger partial charge >= 0.3 is 0 Å². The second-order valence-corrected chi connectivity index (χ2v) is 5.83. The highest BCUT2D eigenvalue weighted by Gasteiger charge is 2.15. The summed E-state index contributed by atoms with van der Waals surface area (Å²) in [6.45, 7) is 2.72. The lowest BCUT2D eigenvalue weighted by Crippen LogP contribution is -2.27. The molecule has 2 aromatic carbocycles. The van der Waals surface area contributed by atoms with Crippen molar-refractivity contribution in [2.24, 2.45) is 0 Å². The number of carbonyl (C=O) groups excluding carboxylic acids is 1. The zero-order chi connectivity index (χ0) is 17.6. The Morgan fingerprint density at radius 2 is 1.84 bits per heavy atom. The molecular weight excluding hydrogens is 312 g/mol. The molecule has 0 fully saturated rings. The third-order valence-electron chi connectivity index (χ3n) is 3.88. The summed E-state index contributed by atoms with van der Waals surface area (Å²) in [5, 5.41) is 3.22. The fourth-order valence-corrected chi connectivity index (χ4v) is 2.49. The van der Waals surface area contributed by atoms with Gasteiger partial charge in [0.05, 0.1) is 12.4 Å². The van der Waals surface area contributed by atoms with Crippen LogP contribution in [-0.2, 0) is 6.54 Å². The van der Waals surface area contributed by atoms with E-state index in [0.29, 0.717) is 18.1 Å². The maximum Gasteiger partial charge on any atom is 0.278 e. The lowest BCUT2D eigenvalue weighted by Gasteiger charge is -2.16. The van der Waals surface area contributed by atoms with Crippen LogP contribution in [-0.4, -0.2) is 22.9 Å². The van der Waals surface area contributed by atoms with Crippen molar-refractivity contribution in [2.45, 2.75) is 13.5 Å². The number of aryl methyl sites for hydroxylation is 1. The van der Waals surface area contributed by atoms with Crippen molar-refractivity contribution in [3.05, 3.63) is 83.8 Å². The van der Waals surface area contributed by atoms with Gasteiger partial charge in [0.25, 0.3) is 5.91 Å². The third-order valence-corrected chi connectivity index (χ3v) is 3.88. The van der Waals surface area contributed by atoms with Gasteiger partial charge in [0.1, 0.15) is 11.5 Å². The number of carbonyl (C=O) groups is 1. The fraction of sp³-hybridized carbons (Fsp3) is 0.150. The number of para-hydroxylation sites is 1. The second-order valence-electron chi connectivity index (χ2n) is 5.83. The molecule has 0 aliphatic carbocycles. The highest BCUT2D eigenvalue weighted by molar-refractivity contribution is 6.04. The number of anilines is 2. The Labute approximate surface area is 147 Å². The van der Waals surface area contributed by atoms with Gasteiger partial charge in [0.15, 0.2) is 0 Å². The lowest BCUT2D eigenvalue weighted by atomic mass is 10.1. The standard InChI is InChI=1S/C20H20N4O/c1-15-7-6-8-16(11-15)12-22-19-14-21-18(13-23-19)20(25)24(2)17-9-4-3-5-10-17/h3-11,13-14H,12H2,1-2H3,(H,22,23). The van der Waals surface area contributed by atoms with Gasteiger partial charge in [0, 0.05) is 19.3 Å². The minimum atomic E-state index is -0.191. The molecular formula is C20H20N4O. The van der Waals surface area contributed by atoms with Crippen LogP contribution >= 0.6 is 0 Å². The van der Waals surface area contributed by atoms with Crippen molar-refractivity contribution in [3.63, 3.8) is 0 Å². The van der Waals surface area contributed by atoms with E-state index in [0.717, 1.165) is 5.69 Å². The molecule has 0 atom stereocenters. The first-order valence-electron chi connectivity index (χ1n) is 8.08. The van der Waals surface area contributed by atoms with Gasteiger partial charge in [-0.1, -0.05) is 48.0 Å². The third kappa shape index (κ3) is 4.20. The molecule has 0 aliphatic heterocycles. The predicted octanol–water partition coefficient (Wildman–Crippen LogP) is 3.67. The van der Waals surface area contributed by atoms with E-state index in [9.17, 15) is 4.79 Å². The number of hydrogen-bond donors (Lipinski definition) is 1. The van der Waals surface area contributed by atoms with Gasteiger partial charge in [-0.2, -0.15) is 0 Å². The van der Waals surface area contributed by atoms with Crippen molar-refractivity contribution < 1.29 is 4.79 Å².